The van der Waals surface area contributed by atoms with Crippen molar-refractivity contribution >= 4 is 5.69 Å². The van der Waals surface area contributed by atoms with E-state index in [4.69, 9.17) is 0 Å². The quantitative estimate of drug-likeness (QED) is 0.629. The summed E-state index contributed by atoms with van der Waals surface area (Å²) in [7, 11) is 1.95. The molecule has 2 rings (SSSR count). The van der Waals surface area contributed by atoms with Crippen molar-refractivity contribution in [3.8, 4) is 0 Å². The lowest BCUT2D eigenvalue weighted by molar-refractivity contribution is -0.385. The summed E-state index contributed by atoms with van der Waals surface area (Å²) in [6.45, 7) is 2.15. The second-order valence-corrected chi connectivity index (χ2v) is 4.94. The number of para-hydroxylation sites is 1. The minimum absolute atomic E-state index is 0.223. The molecule has 0 aromatic heterocycles. The van der Waals surface area contributed by atoms with E-state index < -0.39 is 0 Å². The first-order valence-corrected chi connectivity index (χ1v) is 5.99. The van der Waals surface area contributed by atoms with Crippen LogP contribution in [0.5, 0.6) is 0 Å². The fraction of sp³-hybridized carbons (Fsp3) is 0.538. The van der Waals surface area contributed by atoms with Crippen LogP contribution in [0.2, 0.25) is 0 Å². The molecule has 92 valence electrons. The zero-order chi connectivity index (χ0) is 12.5. The van der Waals surface area contributed by atoms with Crippen LogP contribution in [0.4, 0.5) is 5.69 Å². The minimum Gasteiger partial charge on any atom is -0.317 e. The summed E-state index contributed by atoms with van der Waals surface area (Å²) >= 11 is 0. The SMILES string of the molecule is CNC(C)C1(Cc2ccccc2[N+](=O)[O-])CC1. The highest BCUT2D eigenvalue weighted by Crippen LogP contribution is 2.51. The summed E-state index contributed by atoms with van der Waals surface area (Å²) in [4.78, 5) is 10.7. The van der Waals surface area contributed by atoms with Gasteiger partial charge in [-0.1, -0.05) is 18.2 Å². The van der Waals surface area contributed by atoms with E-state index in [9.17, 15) is 10.1 Å². The van der Waals surface area contributed by atoms with Crippen LogP contribution in [0.3, 0.4) is 0 Å². The van der Waals surface area contributed by atoms with E-state index >= 15 is 0 Å². The van der Waals surface area contributed by atoms with Crippen LogP contribution in [0.25, 0.3) is 0 Å². The maximum atomic E-state index is 11.0. The van der Waals surface area contributed by atoms with Gasteiger partial charge in [0.2, 0.25) is 0 Å². The second kappa shape index (κ2) is 4.45. The average Bonchev–Trinajstić information content (AvgIpc) is 3.09. The molecule has 0 bridgehead atoms. The van der Waals surface area contributed by atoms with Crippen molar-refractivity contribution in [2.24, 2.45) is 5.41 Å². The molecule has 17 heavy (non-hydrogen) atoms. The van der Waals surface area contributed by atoms with E-state index in [-0.39, 0.29) is 16.0 Å². The molecule has 0 saturated heterocycles. The van der Waals surface area contributed by atoms with Crippen molar-refractivity contribution in [1.82, 2.24) is 5.32 Å². The zero-order valence-electron chi connectivity index (χ0n) is 10.3. The highest BCUT2D eigenvalue weighted by molar-refractivity contribution is 5.41. The fourth-order valence-electron chi connectivity index (χ4n) is 2.45. The lowest BCUT2D eigenvalue weighted by Crippen LogP contribution is -2.33. The summed E-state index contributed by atoms with van der Waals surface area (Å²) in [5.74, 6) is 0. The lowest BCUT2D eigenvalue weighted by atomic mass is 9.89. The molecule has 1 aliphatic rings. The molecule has 0 amide bonds. The number of hydrogen-bond donors (Lipinski definition) is 1. The molecule has 1 fully saturated rings. The number of nitro groups is 1. The summed E-state index contributed by atoms with van der Waals surface area (Å²) in [5, 5.41) is 14.2. The maximum absolute atomic E-state index is 11.0. The van der Waals surface area contributed by atoms with Crippen LogP contribution in [0.1, 0.15) is 25.3 Å². The van der Waals surface area contributed by atoms with Gasteiger partial charge in [0.25, 0.3) is 5.69 Å². The molecular formula is C13H18N2O2. The predicted octanol–water partition coefficient (Wildman–Crippen LogP) is 2.53. The molecule has 0 heterocycles. The van der Waals surface area contributed by atoms with Gasteiger partial charge in [0, 0.05) is 17.7 Å². The van der Waals surface area contributed by atoms with E-state index in [0.29, 0.717) is 6.04 Å². The molecular weight excluding hydrogens is 216 g/mol. The van der Waals surface area contributed by atoms with Crippen LogP contribution in [-0.4, -0.2) is 18.0 Å². The van der Waals surface area contributed by atoms with Crippen LogP contribution < -0.4 is 5.32 Å². The number of hydrogen-bond acceptors (Lipinski definition) is 3. The Balaban J connectivity index is 2.22. The van der Waals surface area contributed by atoms with E-state index in [2.05, 4.69) is 12.2 Å². The van der Waals surface area contributed by atoms with Crippen LogP contribution in [-0.2, 0) is 6.42 Å². The van der Waals surface area contributed by atoms with E-state index in [1.165, 1.54) is 0 Å². The number of rotatable bonds is 5. The van der Waals surface area contributed by atoms with Gasteiger partial charge in [0.05, 0.1) is 4.92 Å². The number of nitrogens with zero attached hydrogens (tertiary/aromatic N) is 1. The van der Waals surface area contributed by atoms with Crippen molar-refractivity contribution < 1.29 is 4.92 Å². The Labute approximate surface area is 101 Å². The summed E-state index contributed by atoms with van der Waals surface area (Å²) < 4.78 is 0. The van der Waals surface area contributed by atoms with Gasteiger partial charge in [0.1, 0.15) is 0 Å². The molecule has 1 atom stereocenters. The minimum atomic E-state index is -0.282. The topological polar surface area (TPSA) is 55.2 Å². The third kappa shape index (κ3) is 2.31. The Bertz CT molecular complexity index is 427. The smallest absolute Gasteiger partial charge is 0.272 e. The van der Waals surface area contributed by atoms with Crippen molar-refractivity contribution in [3.05, 3.63) is 39.9 Å². The third-order valence-corrected chi connectivity index (χ3v) is 3.97. The molecule has 0 spiro atoms. The predicted molar refractivity (Wildman–Crippen MR) is 67.0 cm³/mol. The van der Waals surface area contributed by atoms with Gasteiger partial charge < -0.3 is 5.32 Å². The summed E-state index contributed by atoms with van der Waals surface area (Å²) in [6, 6.07) is 7.48. The zero-order valence-corrected chi connectivity index (χ0v) is 10.3. The monoisotopic (exact) mass is 234 g/mol. The Hall–Kier alpha value is -1.42. The molecule has 1 aromatic rings. The molecule has 1 aromatic carbocycles. The van der Waals surface area contributed by atoms with Crippen molar-refractivity contribution in [1.29, 1.82) is 0 Å². The van der Waals surface area contributed by atoms with Crippen molar-refractivity contribution in [2.45, 2.75) is 32.2 Å². The second-order valence-electron chi connectivity index (χ2n) is 4.94. The molecule has 0 aliphatic heterocycles. The largest absolute Gasteiger partial charge is 0.317 e. The normalized spacial score (nSPS) is 18.7. The van der Waals surface area contributed by atoms with Crippen LogP contribution in [0, 0.1) is 15.5 Å². The van der Waals surface area contributed by atoms with Gasteiger partial charge in [-0.2, -0.15) is 0 Å². The first kappa shape index (κ1) is 12.0. The Kier molecular flexibility index (Phi) is 3.15. The molecule has 1 unspecified atom stereocenters. The van der Waals surface area contributed by atoms with Crippen molar-refractivity contribution in [3.63, 3.8) is 0 Å². The number of nitrogens with one attached hydrogen (secondary N) is 1. The maximum Gasteiger partial charge on any atom is 0.272 e. The van der Waals surface area contributed by atoms with Gasteiger partial charge in [0.15, 0.2) is 0 Å². The van der Waals surface area contributed by atoms with E-state index in [1.807, 2.05) is 19.2 Å². The first-order chi connectivity index (χ1) is 8.09. The fourth-order valence-corrected chi connectivity index (χ4v) is 2.45. The van der Waals surface area contributed by atoms with Crippen LogP contribution >= 0.6 is 0 Å². The highest BCUT2D eigenvalue weighted by atomic mass is 16.6. The lowest BCUT2D eigenvalue weighted by Gasteiger charge is -2.22. The average molecular weight is 234 g/mol. The molecule has 4 nitrogen and oxygen atoms in total. The van der Waals surface area contributed by atoms with Gasteiger partial charge in [-0.15, -0.1) is 0 Å². The van der Waals surface area contributed by atoms with Gasteiger partial charge in [-0.25, -0.2) is 0 Å². The van der Waals surface area contributed by atoms with Crippen molar-refractivity contribution in [2.75, 3.05) is 7.05 Å². The number of benzene rings is 1. The molecule has 1 aliphatic carbocycles. The summed E-state index contributed by atoms with van der Waals surface area (Å²) in [6.07, 6.45) is 3.11. The van der Waals surface area contributed by atoms with Gasteiger partial charge in [-0.05, 0) is 38.6 Å². The Morgan fingerprint density at radius 1 is 1.47 bits per heavy atom. The van der Waals surface area contributed by atoms with Gasteiger partial charge in [-0.3, -0.25) is 10.1 Å². The standard InChI is InChI=1S/C13H18N2O2/c1-10(14-2)13(7-8-13)9-11-5-3-4-6-12(11)15(16)17/h3-6,10,14H,7-9H2,1-2H3. The molecule has 1 N–H and O–H groups in total. The Morgan fingerprint density at radius 3 is 2.65 bits per heavy atom. The molecule has 1 saturated carbocycles. The first-order valence-electron chi connectivity index (χ1n) is 5.99. The molecule has 4 heteroatoms. The van der Waals surface area contributed by atoms with E-state index in [0.717, 1.165) is 24.8 Å². The van der Waals surface area contributed by atoms with Crippen LogP contribution in [0.15, 0.2) is 24.3 Å². The highest BCUT2D eigenvalue weighted by Gasteiger charge is 2.47. The molecule has 0 radical (unpaired) electrons. The van der Waals surface area contributed by atoms with E-state index in [1.54, 1.807) is 12.1 Å². The summed E-state index contributed by atoms with van der Waals surface area (Å²) in [5.41, 5.74) is 1.33. The Morgan fingerprint density at radius 2 is 2.12 bits per heavy atom. The number of nitro benzene ring substituents is 1. The van der Waals surface area contributed by atoms with Gasteiger partial charge >= 0.3 is 0 Å². The third-order valence-electron chi connectivity index (χ3n) is 3.97.